The van der Waals surface area contributed by atoms with Gasteiger partial charge >= 0.3 is 0 Å². The van der Waals surface area contributed by atoms with E-state index in [0.29, 0.717) is 22.6 Å². The number of furan rings is 1. The van der Waals surface area contributed by atoms with E-state index in [4.69, 9.17) is 4.42 Å². The lowest BCUT2D eigenvalue weighted by Crippen LogP contribution is -2.22. The molecule has 0 aliphatic heterocycles. The predicted octanol–water partition coefficient (Wildman–Crippen LogP) is 2.94. The Balaban J connectivity index is 1.52. The molecule has 2 aromatic carbocycles. The lowest BCUT2D eigenvalue weighted by molar-refractivity contribution is -0.114. The summed E-state index contributed by atoms with van der Waals surface area (Å²) < 4.78 is 5.05. The van der Waals surface area contributed by atoms with Gasteiger partial charge in [-0.05, 0) is 54.6 Å². The van der Waals surface area contributed by atoms with E-state index in [1.807, 2.05) is 0 Å². The van der Waals surface area contributed by atoms with E-state index < -0.39 is 0 Å². The summed E-state index contributed by atoms with van der Waals surface area (Å²) >= 11 is 0. The molecule has 3 amide bonds. The van der Waals surface area contributed by atoms with Crippen LogP contribution in [0.3, 0.4) is 0 Å². The van der Waals surface area contributed by atoms with Gasteiger partial charge in [0.2, 0.25) is 5.91 Å². The van der Waals surface area contributed by atoms with Gasteiger partial charge in [0.25, 0.3) is 11.8 Å². The summed E-state index contributed by atoms with van der Waals surface area (Å²) in [6.07, 6.45) is 1.42. The molecule has 8 heteroatoms. The van der Waals surface area contributed by atoms with E-state index in [-0.39, 0.29) is 30.0 Å². The van der Waals surface area contributed by atoms with Crippen LogP contribution < -0.4 is 21.3 Å². The average molecular weight is 392 g/mol. The van der Waals surface area contributed by atoms with Crippen LogP contribution in [0.2, 0.25) is 0 Å². The van der Waals surface area contributed by atoms with Crippen molar-refractivity contribution in [3.05, 3.63) is 78.3 Å². The summed E-state index contributed by atoms with van der Waals surface area (Å²) in [6, 6.07) is 16.8. The standard InChI is InChI=1S/C21H20N4O4/c1-22-20(27)14-7-9-15(10-8-14)23-13-19(26)24-16-4-2-5-17(12-16)25-21(28)18-6-3-11-29-18/h2-12,23H,13H2,1H3,(H,22,27)(H,24,26)(H,25,28). The smallest absolute Gasteiger partial charge is 0.291 e. The molecule has 0 saturated heterocycles. The van der Waals surface area contributed by atoms with Crippen molar-refractivity contribution in [1.82, 2.24) is 5.32 Å². The largest absolute Gasteiger partial charge is 0.459 e. The van der Waals surface area contributed by atoms with Crippen molar-refractivity contribution in [1.29, 1.82) is 0 Å². The second-order valence-corrected chi connectivity index (χ2v) is 6.07. The Morgan fingerprint density at radius 2 is 1.55 bits per heavy atom. The Morgan fingerprint density at radius 3 is 2.21 bits per heavy atom. The van der Waals surface area contributed by atoms with Crippen LogP contribution in [0, 0.1) is 0 Å². The fourth-order valence-corrected chi connectivity index (χ4v) is 2.55. The Morgan fingerprint density at radius 1 is 0.828 bits per heavy atom. The fraction of sp³-hybridized carbons (Fsp3) is 0.0952. The highest BCUT2D eigenvalue weighted by Crippen LogP contribution is 2.16. The molecule has 0 aliphatic rings. The molecule has 4 N–H and O–H groups in total. The summed E-state index contributed by atoms with van der Waals surface area (Å²) in [5, 5.41) is 11.0. The van der Waals surface area contributed by atoms with Crippen LogP contribution in [0.4, 0.5) is 17.1 Å². The van der Waals surface area contributed by atoms with Gasteiger partial charge in [-0.2, -0.15) is 0 Å². The molecule has 148 valence electrons. The first-order valence-corrected chi connectivity index (χ1v) is 8.86. The van der Waals surface area contributed by atoms with E-state index >= 15 is 0 Å². The topological polar surface area (TPSA) is 112 Å². The van der Waals surface area contributed by atoms with Gasteiger partial charge in [0.05, 0.1) is 12.8 Å². The third kappa shape index (κ3) is 5.46. The monoisotopic (exact) mass is 392 g/mol. The molecule has 8 nitrogen and oxygen atoms in total. The van der Waals surface area contributed by atoms with Crippen molar-refractivity contribution in [3.63, 3.8) is 0 Å². The Bertz CT molecular complexity index is 998. The van der Waals surface area contributed by atoms with E-state index in [1.54, 1.807) is 67.7 Å². The fourth-order valence-electron chi connectivity index (χ4n) is 2.55. The summed E-state index contributed by atoms with van der Waals surface area (Å²) in [4.78, 5) is 35.7. The second-order valence-electron chi connectivity index (χ2n) is 6.07. The summed E-state index contributed by atoms with van der Waals surface area (Å²) in [7, 11) is 1.57. The van der Waals surface area contributed by atoms with Crippen molar-refractivity contribution in [2.75, 3.05) is 29.5 Å². The Hall–Kier alpha value is -4.07. The first-order valence-electron chi connectivity index (χ1n) is 8.86. The third-order valence-electron chi connectivity index (χ3n) is 3.98. The molecule has 1 heterocycles. The molecule has 3 aromatic rings. The zero-order valence-corrected chi connectivity index (χ0v) is 15.7. The number of anilines is 3. The minimum absolute atomic E-state index is 0.0440. The number of hydrogen-bond acceptors (Lipinski definition) is 5. The number of carbonyl (C=O) groups excluding carboxylic acids is 3. The third-order valence-corrected chi connectivity index (χ3v) is 3.98. The highest BCUT2D eigenvalue weighted by atomic mass is 16.3. The molecular formula is C21H20N4O4. The maximum Gasteiger partial charge on any atom is 0.291 e. The summed E-state index contributed by atoms with van der Waals surface area (Å²) in [5.74, 6) is -0.602. The molecule has 0 fully saturated rings. The van der Waals surface area contributed by atoms with E-state index in [9.17, 15) is 14.4 Å². The maximum atomic E-state index is 12.2. The predicted molar refractivity (Wildman–Crippen MR) is 110 cm³/mol. The minimum atomic E-state index is -0.375. The zero-order valence-electron chi connectivity index (χ0n) is 15.7. The highest BCUT2D eigenvalue weighted by molar-refractivity contribution is 6.03. The first kappa shape index (κ1) is 19.7. The SMILES string of the molecule is CNC(=O)c1ccc(NCC(=O)Nc2cccc(NC(=O)c3ccco3)c2)cc1. The van der Waals surface area contributed by atoms with Crippen LogP contribution >= 0.6 is 0 Å². The molecule has 3 rings (SSSR count). The minimum Gasteiger partial charge on any atom is -0.459 e. The normalized spacial score (nSPS) is 10.1. The first-order chi connectivity index (χ1) is 14.0. The van der Waals surface area contributed by atoms with Crippen LogP contribution in [-0.4, -0.2) is 31.3 Å². The number of nitrogens with one attached hydrogen (secondary N) is 4. The summed E-state index contributed by atoms with van der Waals surface area (Å²) in [5.41, 5.74) is 2.33. The van der Waals surface area contributed by atoms with Crippen LogP contribution in [0.5, 0.6) is 0 Å². The van der Waals surface area contributed by atoms with Crippen LogP contribution in [0.1, 0.15) is 20.9 Å². The lowest BCUT2D eigenvalue weighted by atomic mass is 10.2. The van der Waals surface area contributed by atoms with Gasteiger partial charge in [0.15, 0.2) is 5.76 Å². The molecule has 0 atom stereocenters. The van der Waals surface area contributed by atoms with Crippen molar-refractivity contribution in [2.45, 2.75) is 0 Å². The van der Waals surface area contributed by atoms with Crippen molar-refractivity contribution in [2.24, 2.45) is 0 Å². The van der Waals surface area contributed by atoms with E-state index in [1.165, 1.54) is 6.26 Å². The lowest BCUT2D eigenvalue weighted by Gasteiger charge is -2.10. The van der Waals surface area contributed by atoms with Crippen molar-refractivity contribution >= 4 is 34.8 Å². The molecular weight excluding hydrogens is 372 g/mol. The summed E-state index contributed by atoms with van der Waals surface area (Å²) in [6.45, 7) is 0.0440. The van der Waals surface area contributed by atoms with Gasteiger partial charge in [-0.3, -0.25) is 14.4 Å². The van der Waals surface area contributed by atoms with Gasteiger partial charge in [-0.15, -0.1) is 0 Å². The van der Waals surface area contributed by atoms with Crippen molar-refractivity contribution < 1.29 is 18.8 Å². The quantitative estimate of drug-likeness (QED) is 0.494. The van der Waals surface area contributed by atoms with Gasteiger partial charge < -0.3 is 25.7 Å². The highest BCUT2D eigenvalue weighted by Gasteiger charge is 2.10. The molecule has 1 aromatic heterocycles. The van der Waals surface area contributed by atoms with Crippen LogP contribution in [-0.2, 0) is 4.79 Å². The number of benzene rings is 2. The molecule has 29 heavy (non-hydrogen) atoms. The van der Waals surface area contributed by atoms with E-state index in [0.717, 1.165) is 0 Å². The number of carbonyl (C=O) groups is 3. The molecule has 0 aliphatic carbocycles. The molecule has 0 radical (unpaired) electrons. The molecule has 0 bridgehead atoms. The van der Waals surface area contributed by atoms with Gasteiger partial charge in [-0.25, -0.2) is 0 Å². The van der Waals surface area contributed by atoms with Gasteiger partial charge in [0, 0.05) is 29.7 Å². The number of rotatable bonds is 7. The molecule has 0 spiro atoms. The molecule has 0 saturated carbocycles. The number of hydrogen-bond donors (Lipinski definition) is 4. The van der Waals surface area contributed by atoms with Gasteiger partial charge in [-0.1, -0.05) is 6.07 Å². The maximum absolute atomic E-state index is 12.2. The Labute approximate surface area is 167 Å². The molecule has 0 unspecified atom stereocenters. The van der Waals surface area contributed by atoms with E-state index in [2.05, 4.69) is 21.3 Å². The van der Waals surface area contributed by atoms with Crippen molar-refractivity contribution in [3.8, 4) is 0 Å². The second kappa shape index (κ2) is 9.23. The van der Waals surface area contributed by atoms with Crippen LogP contribution in [0.25, 0.3) is 0 Å². The Kier molecular flexibility index (Phi) is 6.26. The zero-order chi connectivity index (χ0) is 20.6. The van der Waals surface area contributed by atoms with Crippen LogP contribution in [0.15, 0.2) is 71.3 Å². The van der Waals surface area contributed by atoms with Gasteiger partial charge in [0.1, 0.15) is 0 Å². The average Bonchev–Trinajstić information content (AvgIpc) is 3.27. The number of amides is 3.